The second-order valence-corrected chi connectivity index (χ2v) is 5.65. The Bertz CT molecular complexity index is 378. The van der Waals surface area contributed by atoms with Crippen LogP contribution in [-0.4, -0.2) is 28.5 Å². The lowest BCUT2D eigenvalue weighted by Gasteiger charge is -2.16. The third kappa shape index (κ3) is 1.62. The van der Waals surface area contributed by atoms with Crippen LogP contribution in [0.3, 0.4) is 0 Å². The Morgan fingerprint density at radius 1 is 1.44 bits per heavy atom. The number of aryl methyl sites for hydroxylation is 1. The molecule has 2 N–H and O–H groups in total. The molecule has 0 aromatic carbocycles. The average Bonchev–Trinajstić information content (AvgIpc) is 2.95. The lowest BCUT2D eigenvalue weighted by atomic mass is 9.98. The molecule has 1 saturated heterocycles. The first-order valence-corrected chi connectivity index (χ1v) is 6.88. The third-order valence-electron chi connectivity index (χ3n) is 3.96. The van der Waals surface area contributed by atoms with Gasteiger partial charge in [-0.25, -0.2) is 4.98 Å². The van der Waals surface area contributed by atoms with Gasteiger partial charge in [-0.05, 0) is 24.7 Å². The molecule has 2 fully saturated rings. The predicted octanol–water partition coefficient (Wildman–Crippen LogP) is 1.27. The zero-order valence-corrected chi connectivity index (χ0v) is 10.4. The molecule has 0 spiro atoms. The van der Waals surface area contributed by atoms with E-state index >= 15 is 0 Å². The summed E-state index contributed by atoms with van der Waals surface area (Å²) < 4.78 is 4.35. The fourth-order valence-electron chi connectivity index (χ4n) is 2.98. The van der Waals surface area contributed by atoms with E-state index in [1.807, 2.05) is 0 Å². The minimum Gasteiger partial charge on any atom is -0.346 e. The van der Waals surface area contributed by atoms with E-state index in [4.69, 9.17) is 5.73 Å². The molecule has 1 aliphatic heterocycles. The van der Waals surface area contributed by atoms with Gasteiger partial charge in [-0.15, -0.1) is 0 Å². The van der Waals surface area contributed by atoms with E-state index in [9.17, 15) is 0 Å². The number of anilines is 1. The van der Waals surface area contributed by atoms with Crippen molar-refractivity contribution >= 4 is 16.7 Å². The van der Waals surface area contributed by atoms with Gasteiger partial charge in [0.05, 0.1) is 0 Å². The van der Waals surface area contributed by atoms with Crippen LogP contribution in [0.15, 0.2) is 0 Å². The first-order valence-electron chi connectivity index (χ1n) is 6.11. The van der Waals surface area contributed by atoms with Gasteiger partial charge in [-0.1, -0.05) is 6.92 Å². The third-order valence-corrected chi connectivity index (χ3v) is 4.77. The molecule has 2 aliphatic rings. The maximum Gasteiger partial charge on any atom is 0.205 e. The Kier molecular flexibility index (Phi) is 2.59. The number of hydrogen-bond acceptors (Lipinski definition) is 5. The van der Waals surface area contributed by atoms with E-state index in [1.165, 1.54) is 24.4 Å². The monoisotopic (exact) mass is 238 g/mol. The summed E-state index contributed by atoms with van der Waals surface area (Å²) in [5.74, 6) is 2.46. The van der Waals surface area contributed by atoms with E-state index in [1.54, 1.807) is 0 Å². The molecule has 4 nitrogen and oxygen atoms in total. The van der Waals surface area contributed by atoms with Crippen molar-refractivity contribution in [2.24, 2.45) is 17.6 Å². The van der Waals surface area contributed by atoms with Crippen molar-refractivity contribution in [1.29, 1.82) is 0 Å². The SMILES string of the molecule is CCc1nsc(N2CC3CCC(N)C3C2)n1. The Balaban J connectivity index is 1.74. The molecule has 1 aromatic rings. The summed E-state index contributed by atoms with van der Waals surface area (Å²) in [5.41, 5.74) is 6.13. The molecule has 3 unspecified atom stereocenters. The van der Waals surface area contributed by atoms with Crippen molar-refractivity contribution in [1.82, 2.24) is 9.36 Å². The van der Waals surface area contributed by atoms with Crippen LogP contribution in [-0.2, 0) is 6.42 Å². The summed E-state index contributed by atoms with van der Waals surface area (Å²) in [5, 5.41) is 1.10. The summed E-state index contributed by atoms with van der Waals surface area (Å²) in [6.07, 6.45) is 3.43. The molecular formula is C11H18N4S. The van der Waals surface area contributed by atoms with Crippen molar-refractivity contribution in [3.8, 4) is 0 Å². The van der Waals surface area contributed by atoms with Gasteiger partial charge in [0, 0.05) is 37.1 Å². The number of rotatable bonds is 2. The molecule has 5 heteroatoms. The highest BCUT2D eigenvalue weighted by atomic mass is 32.1. The van der Waals surface area contributed by atoms with Gasteiger partial charge < -0.3 is 10.6 Å². The second kappa shape index (κ2) is 3.96. The van der Waals surface area contributed by atoms with Crippen LogP contribution in [0, 0.1) is 11.8 Å². The van der Waals surface area contributed by atoms with Gasteiger partial charge in [0.2, 0.25) is 5.13 Å². The quantitative estimate of drug-likeness (QED) is 0.843. The van der Waals surface area contributed by atoms with E-state index in [2.05, 4.69) is 21.2 Å². The summed E-state index contributed by atoms with van der Waals surface area (Å²) in [6, 6.07) is 0.411. The van der Waals surface area contributed by atoms with Crippen LogP contribution < -0.4 is 10.6 Å². The zero-order chi connectivity index (χ0) is 11.1. The number of nitrogens with two attached hydrogens (primary N) is 1. The Hall–Kier alpha value is -0.680. The summed E-state index contributed by atoms with van der Waals surface area (Å²) in [7, 11) is 0. The van der Waals surface area contributed by atoms with Crippen LogP contribution in [0.2, 0.25) is 0 Å². The number of fused-ring (bicyclic) bond motifs is 1. The molecular weight excluding hydrogens is 220 g/mol. The molecule has 0 bridgehead atoms. The first-order chi connectivity index (χ1) is 7.78. The molecule has 2 heterocycles. The Morgan fingerprint density at radius 3 is 3.00 bits per heavy atom. The van der Waals surface area contributed by atoms with Crippen LogP contribution in [0.1, 0.15) is 25.6 Å². The highest BCUT2D eigenvalue weighted by molar-refractivity contribution is 7.09. The second-order valence-electron chi connectivity index (χ2n) is 4.92. The molecule has 88 valence electrons. The van der Waals surface area contributed by atoms with Crippen LogP contribution in [0.4, 0.5) is 5.13 Å². The van der Waals surface area contributed by atoms with Gasteiger partial charge >= 0.3 is 0 Å². The van der Waals surface area contributed by atoms with Crippen LogP contribution in [0.5, 0.6) is 0 Å². The smallest absolute Gasteiger partial charge is 0.205 e. The van der Waals surface area contributed by atoms with Gasteiger partial charge in [0.25, 0.3) is 0 Å². The first kappa shape index (κ1) is 10.5. The molecule has 1 aromatic heterocycles. The van der Waals surface area contributed by atoms with Crippen LogP contribution >= 0.6 is 11.5 Å². The molecule has 0 amide bonds. The topological polar surface area (TPSA) is 55.0 Å². The summed E-state index contributed by atoms with van der Waals surface area (Å²) in [4.78, 5) is 6.94. The van der Waals surface area contributed by atoms with Gasteiger partial charge in [-0.3, -0.25) is 0 Å². The predicted molar refractivity (Wildman–Crippen MR) is 65.7 cm³/mol. The van der Waals surface area contributed by atoms with Crippen molar-refractivity contribution in [3.05, 3.63) is 5.82 Å². The Labute approximate surface area is 100 Å². The summed E-state index contributed by atoms with van der Waals surface area (Å²) in [6.45, 7) is 4.32. The lowest BCUT2D eigenvalue weighted by molar-refractivity contribution is 0.453. The van der Waals surface area contributed by atoms with Crippen molar-refractivity contribution in [2.75, 3.05) is 18.0 Å². The fraction of sp³-hybridized carbons (Fsp3) is 0.818. The standard InChI is InChI=1S/C11H18N4S/c1-2-10-13-11(16-14-10)15-5-7-3-4-9(12)8(7)6-15/h7-9H,2-6,12H2,1H3. The number of hydrogen-bond donors (Lipinski definition) is 1. The van der Waals surface area contributed by atoms with E-state index in [0.29, 0.717) is 12.0 Å². The molecule has 3 atom stereocenters. The van der Waals surface area contributed by atoms with Crippen molar-refractivity contribution in [3.63, 3.8) is 0 Å². The largest absolute Gasteiger partial charge is 0.346 e. The molecule has 16 heavy (non-hydrogen) atoms. The van der Waals surface area contributed by atoms with Gasteiger partial charge in [-0.2, -0.15) is 4.37 Å². The molecule has 1 saturated carbocycles. The minimum absolute atomic E-state index is 0.411. The maximum absolute atomic E-state index is 6.13. The summed E-state index contributed by atoms with van der Waals surface area (Å²) >= 11 is 1.54. The van der Waals surface area contributed by atoms with Crippen molar-refractivity contribution in [2.45, 2.75) is 32.2 Å². The number of nitrogens with zero attached hydrogens (tertiary/aromatic N) is 3. The van der Waals surface area contributed by atoms with Gasteiger partial charge in [0.15, 0.2) is 0 Å². The maximum atomic E-state index is 6.13. The number of aromatic nitrogens is 2. The Morgan fingerprint density at radius 2 is 2.31 bits per heavy atom. The van der Waals surface area contributed by atoms with Crippen molar-refractivity contribution < 1.29 is 0 Å². The lowest BCUT2D eigenvalue weighted by Crippen LogP contribution is -2.30. The molecule has 1 aliphatic carbocycles. The average molecular weight is 238 g/mol. The highest BCUT2D eigenvalue weighted by Gasteiger charge is 2.41. The fourth-order valence-corrected chi connectivity index (χ4v) is 3.75. The van der Waals surface area contributed by atoms with E-state index in [0.717, 1.165) is 36.4 Å². The highest BCUT2D eigenvalue weighted by Crippen LogP contribution is 2.39. The minimum atomic E-state index is 0.411. The molecule has 0 radical (unpaired) electrons. The zero-order valence-electron chi connectivity index (χ0n) is 9.59. The van der Waals surface area contributed by atoms with E-state index < -0.39 is 0 Å². The van der Waals surface area contributed by atoms with Gasteiger partial charge in [0.1, 0.15) is 5.82 Å². The normalized spacial score (nSPS) is 33.4. The molecule has 3 rings (SSSR count). The van der Waals surface area contributed by atoms with Crippen LogP contribution in [0.25, 0.3) is 0 Å². The van der Waals surface area contributed by atoms with E-state index in [-0.39, 0.29) is 0 Å².